The number of azo groups is 1. The largest absolute Gasteiger partial charge is 0.399 e. The molecule has 0 amide bonds. The van der Waals surface area contributed by atoms with Crippen molar-refractivity contribution < 1.29 is 4.39 Å². The van der Waals surface area contributed by atoms with Crippen LogP contribution >= 0.6 is 0 Å². The van der Waals surface area contributed by atoms with Crippen molar-refractivity contribution in [1.82, 2.24) is 0 Å². The SMILES string of the molecule is Nc1ccc(/N=N/c2ccc(N)c(F)c2)cc1. The third-order valence-corrected chi connectivity index (χ3v) is 2.16. The van der Waals surface area contributed by atoms with Crippen LogP contribution in [0.5, 0.6) is 0 Å². The molecule has 0 radical (unpaired) electrons. The lowest BCUT2D eigenvalue weighted by atomic mass is 10.3. The van der Waals surface area contributed by atoms with E-state index in [0.717, 1.165) is 0 Å². The first kappa shape index (κ1) is 11.1. The minimum Gasteiger partial charge on any atom is -0.399 e. The van der Waals surface area contributed by atoms with Gasteiger partial charge in [-0.1, -0.05) is 0 Å². The highest BCUT2D eigenvalue weighted by Crippen LogP contribution is 2.22. The summed E-state index contributed by atoms with van der Waals surface area (Å²) in [5.41, 5.74) is 12.7. The molecule has 86 valence electrons. The second kappa shape index (κ2) is 4.61. The summed E-state index contributed by atoms with van der Waals surface area (Å²) in [6, 6.07) is 11.2. The monoisotopic (exact) mass is 230 g/mol. The molecule has 2 aromatic rings. The van der Waals surface area contributed by atoms with Gasteiger partial charge in [0.25, 0.3) is 0 Å². The fraction of sp³-hybridized carbons (Fsp3) is 0. The maximum Gasteiger partial charge on any atom is 0.148 e. The molecule has 0 bridgehead atoms. The number of anilines is 2. The van der Waals surface area contributed by atoms with E-state index in [1.54, 1.807) is 30.3 Å². The Morgan fingerprint density at radius 3 is 2.06 bits per heavy atom. The first-order chi connectivity index (χ1) is 8.15. The van der Waals surface area contributed by atoms with Crippen molar-refractivity contribution >= 4 is 22.7 Å². The summed E-state index contributed by atoms with van der Waals surface area (Å²) in [4.78, 5) is 0. The molecule has 4 N–H and O–H groups in total. The standard InChI is InChI=1S/C12H11FN4/c13-11-7-10(5-6-12(11)15)17-16-9-3-1-8(14)2-4-9/h1-7H,14-15H2/b17-16+. The minimum absolute atomic E-state index is 0.0939. The molecule has 2 aromatic carbocycles. The summed E-state index contributed by atoms with van der Waals surface area (Å²) in [7, 11) is 0. The van der Waals surface area contributed by atoms with Gasteiger partial charge in [-0.3, -0.25) is 0 Å². The Balaban J connectivity index is 2.20. The lowest BCUT2D eigenvalue weighted by Crippen LogP contribution is -1.88. The molecule has 0 saturated carbocycles. The Morgan fingerprint density at radius 1 is 0.824 bits per heavy atom. The van der Waals surface area contributed by atoms with Crippen LogP contribution in [0.15, 0.2) is 52.7 Å². The van der Waals surface area contributed by atoms with Crippen LogP contribution in [0.3, 0.4) is 0 Å². The summed E-state index contributed by atoms with van der Waals surface area (Å²) in [5, 5.41) is 7.85. The average molecular weight is 230 g/mol. The first-order valence-electron chi connectivity index (χ1n) is 4.97. The number of nitrogens with two attached hydrogens (primary N) is 2. The summed E-state index contributed by atoms with van der Waals surface area (Å²) in [5.74, 6) is -0.501. The van der Waals surface area contributed by atoms with E-state index in [0.29, 0.717) is 17.1 Å². The van der Waals surface area contributed by atoms with E-state index in [-0.39, 0.29) is 5.69 Å². The molecule has 5 heteroatoms. The number of halogens is 1. The minimum atomic E-state index is -0.501. The Hall–Kier alpha value is -2.43. The molecule has 17 heavy (non-hydrogen) atoms. The molecular weight excluding hydrogens is 219 g/mol. The van der Waals surface area contributed by atoms with Gasteiger partial charge in [0.15, 0.2) is 0 Å². The molecule has 0 heterocycles. The Bertz CT molecular complexity index is 549. The number of nitrogen functional groups attached to an aromatic ring is 2. The summed E-state index contributed by atoms with van der Waals surface area (Å²) in [6.07, 6.45) is 0. The average Bonchev–Trinajstić information content (AvgIpc) is 2.33. The zero-order valence-electron chi connectivity index (χ0n) is 8.97. The quantitative estimate of drug-likeness (QED) is 0.612. The third-order valence-electron chi connectivity index (χ3n) is 2.16. The predicted molar refractivity (Wildman–Crippen MR) is 65.8 cm³/mol. The molecule has 0 saturated heterocycles. The lowest BCUT2D eigenvalue weighted by molar-refractivity contribution is 0.632. The van der Waals surface area contributed by atoms with E-state index >= 15 is 0 Å². The summed E-state index contributed by atoms with van der Waals surface area (Å²) in [6.45, 7) is 0. The molecule has 0 unspecified atom stereocenters. The summed E-state index contributed by atoms with van der Waals surface area (Å²) < 4.78 is 13.1. The topological polar surface area (TPSA) is 76.8 Å². The van der Waals surface area contributed by atoms with E-state index < -0.39 is 5.82 Å². The predicted octanol–water partition coefficient (Wildman–Crippen LogP) is 3.41. The maximum atomic E-state index is 13.1. The van der Waals surface area contributed by atoms with Crippen molar-refractivity contribution in [3.8, 4) is 0 Å². The fourth-order valence-corrected chi connectivity index (χ4v) is 1.23. The van der Waals surface area contributed by atoms with Gasteiger partial charge in [0, 0.05) is 11.8 Å². The van der Waals surface area contributed by atoms with Gasteiger partial charge in [-0.2, -0.15) is 10.2 Å². The van der Waals surface area contributed by atoms with E-state index in [1.165, 1.54) is 12.1 Å². The molecule has 0 aliphatic heterocycles. The van der Waals surface area contributed by atoms with Gasteiger partial charge in [-0.25, -0.2) is 4.39 Å². The van der Waals surface area contributed by atoms with Crippen LogP contribution < -0.4 is 11.5 Å². The zero-order valence-corrected chi connectivity index (χ0v) is 8.97. The first-order valence-corrected chi connectivity index (χ1v) is 4.97. The van der Waals surface area contributed by atoms with Crippen molar-refractivity contribution in [2.45, 2.75) is 0 Å². The van der Waals surface area contributed by atoms with Gasteiger partial charge in [0.2, 0.25) is 0 Å². The second-order valence-electron chi connectivity index (χ2n) is 3.50. The highest BCUT2D eigenvalue weighted by atomic mass is 19.1. The number of hydrogen-bond donors (Lipinski definition) is 2. The molecular formula is C12H11FN4. The molecule has 4 nitrogen and oxygen atoms in total. The molecule has 2 rings (SSSR count). The molecule has 0 atom stereocenters. The van der Waals surface area contributed by atoms with Crippen molar-refractivity contribution in [3.05, 3.63) is 48.3 Å². The Morgan fingerprint density at radius 2 is 1.41 bits per heavy atom. The van der Waals surface area contributed by atoms with Crippen LogP contribution in [0.4, 0.5) is 27.1 Å². The zero-order chi connectivity index (χ0) is 12.3. The highest BCUT2D eigenvalue weighted by molar-refractivity contribution is 5.50. The van der Waals surface area contributed by atoms with E-state index in [2.05, 4.69) is 10.2 Å². The number of nitrogens with zero attached hydrogens (tertiary/aromatic N) is 2. The van der Waals surface area contributed by atoms with Crippen LogP contribution in [-0.2, 0) is 0 Å². The van der Waals surface area contributed by atoms with Crippen LogP contribution in [-0.4, -0.2) is 0 Å². The maximum absolute atomic E-state index is 13.1. The Labute approximate surface area is 97.8 Å². The van der Waals surface area contributed by atoms with Crippen molar-refractivity contribution in [2.24, 2.45) is 10.2 Å². The van der Waals surface area contributed by atoms with Crippen molar-refractivity contribution in [1.29, 1.82) is 0 Å². The van der Waals surface area contributed by atoms with Gasteiger partial charge in [-0.15, -0.1) is 0 Å². The van der Waals surface area contributed by atoms with Gasteiger partial charge in [0.1, 0.15) is 5.82 Å². The fourth-order valence-electron chi connectivity index (χ4n) is 1.23. The van der Waals surface area contributed by atoms with Crippen LogP contribution in [0, 0.1) is 5.82 Å². The molecule has 0 fully saturated rings. The number of rotatable bonds is 2. The molecule has 0 spiro atoms. The highest BCUT2D eigenvalue weighted by Gasteiger charge is 1.98. The van der Waals surface area contributed by atoms with Crippen molar-refractivity contribution in [3.63, 3.8) is 0 Å². The Kier molecular flexibility index (Phi) is 3.00. The van der Waals surface area contributed by atoms with E-state index in [1.807, 2.05) is 0 Å². The molecule has 0 aliphatic rings. The second-order valence-corrected chi connectivity index (χ2v) is 3.50. The number of hydrogen-bond acceptors (Lipinski definition) is 4. The van der Waals surface area contributed by atoms with Gasteiger partial charge in [-0.05, 0) is 36.4 Å². The molecule has 0 aliphatic carbocycles. The van der Waals surface area contributed by atoms with Crippen LogP contribution in [0.1, 0.15) is 0 Å². The molecule has 0 aromatic heterocycles. The van der Waals surface area contributed by atoms with Gasteiger partial charge in [0.05, 0.1) is 17.1 Å². The smallest absolute Gasteiger partial charge is 0.148 e. The lowest BCUT2D eigenvalue weighted by Gasteiger charge is -1.97. The van der Waals surface area contributed by atoms with E-state index in [9.17, 15) is 4.39 Å². The van der Waals surface area contributed by atoms with Gasteiger partial charge < -0.3 is 11.5 Å². The van der Waals surface area contributed by atoms with Crippen LogP contribution in [0.25, 0.3) is 0 Å². The van der Waals surface area contributed by atoms with Crippen molar-refractivity contribution in [2.75, 3.05) is 11.5 Å². The summed E-state index contributed by atoms with van der Waals surface area (Å²) >= 11 is 0. The number of benzene rings is 2. The van der Waals surface area contributed by atoms with E-state index in [4.69, 9.17) is 11.5 Å². The normalized spacial score (nSPS) is 10.9. The van der Waals surface area contributed by atoms with Crippen LogP contribution in [0.2, 0.25) is 0 Å². The van der Waals surface area contributed by atoms with Gasteiger partial charge >= 0.3 is 0 Å². The third kappa shape index (κ3) is 2.78.